The predicted octanol–water partition coefficient (Wildman–Crippen LogP) is 5.96. The van der Waals surface area contributed by atoms with E-state index in [9.17, 15) is 0 Å². The van der Waals surface area contributed by atoms with Gasteiger partial charge in [0.1, 0.15) is 0 Å². The first-order valence-corrected chi connectivity index (χ1v) is 9.85. The van der Waals surface area contributed by atoms with E-state index in [1.165, 1.54) is 63.6 Å². The van der Waals surface area contributed by atoms with Gasteiger partial charge in [-0.1, -0.05) is 86.0 Å². The number of amidine groups is 1. The van der Waals surface area contributed by atoms with Gasteiger partial charge >= 0.3 is 0 Å². The quantitative estimate of drug-likeness (QED) is 0.442. The molecule has 1 aliphatic heterocycles. The van der Waals surface area contributed by atoms with Crippen LogP contribution in [0.1, 0.15) is 98.8 Å². The lowest BCUT2D eigenvalue weighted by atomic mass is 9.78. The van der Waals surface area contributed by atoms with Crippen molar-refractivity contribution < 1.29 is 0 Å². The normalized spacial score (nSPS) is 17.1. The summed E-state index contributed by atoms with van der Waals surface area (Å²) < 4.78 is 0. The number of rotatable bonds is 12. The molecule has 1 rings (SSSR count). The molecule has 2 heteroatoms. The molecule has 0 saturated heterocycles. The van der Waals surface area contributed by atoms with Crippen molar-refractivity contribution in [3.05, 3.63) is 0 Å². The molecule has 0 bridgehead atoms. The number of unbranched alkanes of at least 4 members (excludes halogenated alkanes) is 8. The van der Waals surface area contributed by atoms with E-state index < -0.39 is 0 Å². The highest BCUT2D eigenvalue weighted by atomic mass is 15.1. The Morgan fingerprint density at radius 2 is 1.36 bits per heavy atom. The van der Waals surface area contributed by atoms with Crippen LogP contribution in [0.25, 0.3) is 0 Å². The van der Waals surface area contributed by atoms with Crippen LogP contribution in [-0.2, 0) is 0 Å². The molecule has 0 aliphatic carbocycles. The van der Waals surface area contributed by atoms with Gasteiger partial charge in [-0.2, -0.15) is 0 Å². The highest BCUT2D eigenvalue weighted by Crippen LogP contribution is 2.33. The third-order valence-electron chi connectivity index (χ3n) is 5.44. The third kappa shape index (κ3) is 5.93. The summed E-state index contributed by atoms with van der Waals surface area (Å²) in [5.41, 5.74) is 0.134. The lowest BCUT2D eigenvalue weighted by Crippen LogP contribution is -2.42. The smallest absolute Gasteiger partial charge is 0.0971 e. The summed E-state index contributed by atoms with van der Waals surface area (Å²) in [6.45, 7) is 12.6. The number of nitrogens with one attached hydrogen (secondary N) is 1. The zero-order valence-electron chi connectivity index (χ0n) is 15.9. The maximum atomic E-state index is 5.09. The van der Waals surface area contributed by atoms with Gasteiger partial charge in [-0.3, -0.25) is 4.99 Å². The summed E-state index contributed by atoms with van der Waals surface area (Å²) in [6.07, 6.45) is 13.7. The van der Waals surface area contributed by atoms with Crippen molar-refractivity contribution in [1.82, 2.24) is 5.32 Å². The Bertz CT molecular complexity index is 310. The second kappa shape index (κ2) is 10.3. The summed E-state index contributed by atoms with van der Waals surface area (Å²) >= 11 is 0. The molecule has 0 aromatic heterocycles. The second-order valence-electron chi connectivity index (χ2n) is 7.79. The zero-order valence-corrected chi connectivity index (χ0v) is 15.9. The molecule has 0 unspecified atom stereocenters. The molecule has 0 atom stereocenters. The molecule has 22 heavy (non-hydrogen) atoms. The van der Waals surface area contributed by atoms with Crippen LogP contribution < -0.4 is 5.32 Å². The molecule has 1 heterocycles. The van der Waals surface area contributed by atoms with Crippen molar-refractivity contribution in [2.75, 3.05) is 6.54 Å². The Labute approximate surface area is 139 Å². The van der Waals surface area contributed by atoms with Gasteiger partial charge in [-0.25, -0.2) is 0 Å². The molecule has 0 aromatic carbocycles. The van der Waals surface area contributed by atoms with E-state index in [2.05, 4.69) is 39.9 Å². The topological polar surface area (TPSA) is 24.4 Å². The van der Waals surface area contributed by atoms with Gasteiger partial charge in [0.15, 0.2) is 0 Å². The van der Waals surface area contributed by atoms with E-state index in [-0.39, 0.29) is 5.54 Å². The first-order chi connectivity index (χ1) is 10.5. The van der Waals surface area contributed by atoms with Crippen molar-refractivity contribution in [1.29, 1.82) is 0 Å². The SMILES string of the molecule is CCCCCCCCCCCC1=NC(C(C)C)(C(C)C)CN1. The van der Waals surface area contributed by atoms with E-state index in [0.29, 0.717) is 11.8 Å². The lowest BCUT2D eigenvalue weighted by molar-refractivity contribution is 0.243. The maximum absolute atomic E-state index is 5.09. The Morgan fingerprint density at radius 3 is 1.82 bits per heavy atom. The van der Waals surface area contributed by atoms with Gasteiger partial charge in [0.05, 0.1) is 11.4 Å². The summed E-state index contributed by atoms with van der Waals surface area (Å²) in [5, 5.41) is 3.59. The minimum Gasteiger partial charge on any atom is -0.371 e. The van der Waals surface area contributed by atoms with Crippen LogP contribution in [-0.4, -0.2) is 17.9 Å². The van der Waals surface area contributed by atoms with Gasteiger partial charge < -0.3 is 5.32 Å². The Morgan fingerprint density at radius 1 is 0.864 bits per heavy atom. The van der Waals surface area contributed by atoms with Crippen LogP contribution in [0.2, 0.25) is 0 Å². The van der Waals surface area contributed by atoms with Crippen LogP contribution in [0.5, 0.6) is 0 Å². The number of hydrogen-bond acceptors (Lipinski definition) is 2. The standard InChI is InChI=1S/C20H40N2/c1-6-7-8-9-10-11-12-13-14-15-19-21-16-20(22-19,17(2)3)18(4)5/h17-18H,6-16H2,1-5H3,(H,21,22). The van der Waals surface area contributed by atoms with Gasteiger partial charge in [0.2, 0.25) is 0 Å². The molecule has 0 saturated carbocycles. The predicted molar refractivity (Wildman–Crippen MR) is 99.7 cm³/mol. The highest BCUT2D eigenvalue weighted by Gasteiger charge is 2.40. The van der Waals surface area contributed by atoms with Crippen molar-refractivity contribution in [2.45, 2.75) is 104 Å². The van der Waals surface area contributed by atoms with Crippen molar-refractivity contribution in [3.8, 4) is 0 Å². The van der Waals surface area contributed by atoms with Gasteiger partial charge in [0, 0.05) is 13.0 Å². The van der Waals surface area contributed by atoms with Crippen molar-refractivity contribution >= 4 is 5.84 Å². The fourth-order valence-corrected chi connectivity index (χ4v) is 3.65. The minimum absolute atomic E-state index is 0.134. The van der Waals surface area contributed by atoms with E-state index in [4.69, 9.17) is 4.99 Å². The first kappa shape index (κ1) is 19.5. The lowest BCUT2D eigenvalue weighted by Gasteiger charge is -2.33. The van der Waals surface area contributed by atoms with E-state index in [1.54, 1.807) is 0 Å². The zero-order chi connectivity index (χ0) is 16.4. The second-order valence-corrected chi connectivity index (χ2v) is 7.79. The fraction of sp³-hybridized carbons (Fsp3) is 0.950. The largest absolute Gasteiger partial charge is 0.371 e. The summed E-state index contributed by atoms with van der Waals surface area (Å²) in [7, 11) is 0. The van der Waals surface area contributed by atoms with Gasteiger partial charge in [-0.15, -0.1) is 0 Å². The molecule has 130 valence electrons. The molecular formula is C20H40N2. The van der Waals surface area contributed by atoms with Crippen LogP contribution in [0.15, 0.2) is 4.99 Å². The Kier molecular flexibility index (Phi) is 9.12. The highest BCUT2D eigenvalue weighted by molar-refractivity contribution is 5.84. The molecule has 0 aromatic rings. The molecule has 1 aliphatic rings. The molecule has 0 radical (unpaired) electrons. The summed E-state index contributed by atoms with van der Waals surface area (Å²) in [4.78, 5) is 5.09. The number of hydrogen-bond donors (Lipinski definition) is 1. The molecule has 0 amide bonds. The average Bonchev–Trinajstić information content (AvgIpc) is 2.91. The van der Waals surface area contributed by atoms with Crippen LogP contribution in [0, 0.1) is 11.8 Å². The van der Waals surface area contributed by atoms with Crippen LogP contribution in [0.4, 0.5) is 0 Å². The van der Waals surface area contributed by atoms with E-state index in [1.807, 2.05) is 0 Å². The number of aliphatic imine (C=N–C) groups is 1. The molecule has 2 nitrogen and oxygen atoms in total. The van der Waals surface area contributed by atoms with Gasteiger partial charge in [-0.05, 0) is 18.3 Å². The van der Waals surface area contributed by atoms with E-state index >= 15 is 0 Å². The Hall–Kier alpha value is -0.530. The third-order valence-corrected chi connectivity index (χ3v) is 5.44. The van der Waals surface area contributed by atoms with Crippen LogP contribution >= 0.6 is 0 Å². The summed E-state index contributed by atoms with van der Waals surface area (Å²) in [6, 6.07) is 0. The maximum Gasteiger partial charge on any atom is 0.0971 e. The van der Waals surface area contributed by atoms with Crippen molar-refractivity contribution in [3.63, 3.8) is 0 Å². The van der Waals surface area contributed by atoms with E-state index in [0.717, 1.165) is 13.0 Å². The molecule has 0 spiro atoms. The average molecular weight is 309 g/mol. The monoisotopic (exact) mass is 308 g/mol. The Balaban J connectivity index is 2.15. The minimum atomic E-state index is 0.134. The van der Waals surface area contributed by atoms with Gasteiger partial charge in [0.25, 0.3) is 0 Å². The molecule has 0 fully saturated rings. The van der Waals surface area contributed by atoms with Crippen molar-refractivity contribution in [2.24, 2.45) is 16.8 Å². The first-order valence-electron chi connectivity index (χ1n) is 9.85. The summed E-state index contributed by atoms with van der Waals surface area (Å²) in [5.74, 6) is 2.49. The molecule has 1 N–H and O–H groups in total. The fourth-order valence-electron chi connectivity index (χ4n) is 3.65. The van der Waals surface area contributed by atoms with Crippen LogP contribution in [0.3, 0.4) is 0 Å². The molecular weight excluding hydrogens is 268 g/mol. The number of nitrogens with zero attached hydrogens (tertiary/aromatic N) is 1.